The fraction of sp³-hybridized carbons (Fsp3) is 0.0625. The van der Waals surface area contributed by atoms with Crippen molar-refractivity contribution < 1.29 is 19.2 Å². The van der Waals surface area contributed by atoms with Crippen LogP contribution in [0.1, 0.15) is 15.9 Å². The highest BCUT2D eigenvalue weighted by Crippen LogP contribution is 2.21. The van der Waals surface area contributed by atoms with Crippen LogP contribution >= 0.6 is 22.6 Å². The Kier molecular flexibility index (Phi) is 6.02. The lowest BCUT2D eigenvalue weighted by Crippen LogP contribution is -2.21. The van der Waals surface area contributed by atoms with Gasteiger partial charge in [-0.15, -0.1) is 0 Å². The highest BCUT2D eigenvalue weighted by molar-refractivity contribution is 14.1. The maximum atomic E-state index is 11.9. The fourth-order valence-corrected chi connectivity index (χ4v) is 2.19. The van der Waals surface area contributed by atoms with Crippen molar-refractivity contribution in [2.75, 3.05) is 11.9 Å². The van der Waals surface area contributed by atoms with E-state index in [9.17, 15) is 19.7 Å². The van der Waals surface area contributed by atoms with E-state index in [1.54, 1.807) is 30.3 Å². The van der Waals surface area contributed by atoms with Gasteiger partial charge in [0.25, 0.3) is 11.6 Å². The standard InChI is InChI=1S/C16H10IN3O5/c17-12-3-1-10(2-4-12)16(22)25-9-15(21)19-14-6-5-13(20(23)24)7-11(14)8-18/h1-7H,9H2,(H,19,21). The number of anilines is 1. The smallest absolute Gasteiger partial charge is 0.338 e. The van der Waals surface area contributed by atoms with E-state index in [1.807, 2.05) is 0 Å². The van der Waals surface area contributed by atoms with Crippen LogP contribution in [0.2, 0.25) is 0 Å². The number of amides is 1. The molecule has 25 heavy (non-hydrogen) atoms. The predicted octanol–water partition coefficient (Wildman–Crippen LogP) is 2.87. The summed E-state index contributed by atoms with van der Waals surface area (Å²) in [6.45, 7) is -0.549. The van der Waals surface area contributed by atoms with Gasteiger partial charge in [0.05, 0.1) is 21.7 Å². The molecule has 0 heterocycles. The maximum absolute atomic E-state index is 11.9. The van der Waals surface area contributed by atoms with Crippen LogP contribution in [-0.4, -0.2) is 23.4 Å². The third kappa shape index (κ3) is 4.98. The van der Waals surface area contributed by atoms with E-state index in [-0.39, 0.29) is 16.9 Å². The quantitative estimate of drug-likeness (QED) is 0.323. The Morgan fingerprint density at radius 1 is 1.24 bits per heavy atom. The van der Waals surface area contributed by atoms with Gasteiger partial charge in [0.1, 0.15) is 6.07 Å². The summed E-state index contributed by atoms with van der Waals surface area (Å²) in [5.74, 6) is -1.32. The number of hydrogen-bond acceptors (Lipinski definition) is 6. The number of carbonyl (C=O) groups is 2. The molecule has 0 atom stereocenters. The lowest BCUT2D eigenvalue weighted by Gasteiger charge is -2.08. The van der Waals surface area contributed by atoms with Crippen molar-refractivity contribution in [2.24, 2.45) is 0 Å². The lowest BCUT2D eigenvalue weighted by atomic mass is 10.1. The van der Waals surface area contributed by atoms with Gasteiger partial charge >= 0.3 is 5.97 Å². The molecule has 2 rings (SSSR count). The number of benzene rings is 2. The number of nitro groups is 1. The molecule has 0 aliphatic rings. The van der Waals surface area contributed by atoms with Crippen LogP contribution in [-0.2, 0) is 9.53 Å². The number of carbonyl (C=O) groups excluding carboxylic acids is 2. The molecule has 0 radical (unpaired) electrons. The van der Waals surface area contributed by atoms with Gasteiger partial charge < -0.3 is 10.1 Å². The van der Waals surface area contributed by atoms with Crippen molar-refractivity contribution in [3.05, 3.63) is 67.3 Å². The minimum absolute atomic E-state index is 0.0634. The zero-order valence-electron chi connectivity index (χ0n) is 12.6. The minimum atomic E-state index is -0.663. The summed E-state index contributed by atoms with van der Waals surface area (Å²) in [5, 5.41) is 22.1. The second-order valence-corrected chi connectivity index (χ2v) is 5.98. The van der Waals surface area contributed by atoms with Crippen LogP contribution in [0.25, 0.3) is 0 Å². The number of nitrogens with one attached hydrogen (secondary N) is 1. The van der Waals surface area contributed by atoms with Crippen LogP contribution in [0.15, 0.2) is 42.5 Å². The van der Waals surface area contributed by atoms with E-state index < -0.39 is 23.4 Å². The Morgan fingerprint density at radius 3 is 2.52 bits per heavy atom. The number of halogens is 1. The first kappa shape index (κ1) is 18.3. The molecule has 1 amide bonds. The van der Waals surface area contributed by atoms with Gasteiger partial charge in [-0.1, -0.05) is 0 Å². The van der Waals surface area contributed by atoms with Gasteiger partial charge in [0.2, 0.25) is 0 Å². The third-order valence-corrected chi connectivity index (χ3v) is 3.74. The van der Waals surface area contributed by atoms with Crippen molar-refractivity contribution in [1.29, 1.82) is 5.26 Å². The summed E-state index contributed by atoms with van der Waals surface area (Å²) in [7, 11) is 0. The Morgan fingerprint density at radius 2 is 1.92 bits per heavy atom. The number of ether oxygens (including phenoxy) is 1. The molecule has 0 saturated heterocycles. The number of nitriles is 1. The fourth-order valence-electron chi connectivity index (χ4n) is 1.83. The molecule has 0 fully saturated rings. The molecule has 0 aromatic heterocycles. The molecule has 126 valence electrons. The van der Waals surface area contributed by atoms with E-state index in [4.69, 9.17) is 10.00 Å². The molecule has 2 aromatic rings. The zero-order chi connectivity index (χ0) is 18.4. The van der Waals surface area contributed by atoms with Crippen LogP contribution in [0.4, 0.5) is 11.4 Å². The predicted molar refractivity (Wildman–Crippen MR) is 95.9 cm³/mol. The van der Waals surface area contributed by atoms with Gasteiger partial charge in [-0.3, -0.25) is 14.9 Å². The van der Waals surface area contributed by atoms with Crippen LogP contribution < -0.4 is 5.32 Å². The van der Waals surface area contributed by atoms with Crippen LogP contribution in [0.5, 0.6) is 0 Å². The van der Waals surface area contributed by atoms with E-state index >= 15 is 0 Å². The Labute approximate surface area is 155 Å². The molecule has 0 spiro atoms. The third-order valence-electron chi connectivity index (χ3n) is 3.02. The van der Waals surface area contributed by atoms with Crippen molar-refractivity contribution >= 4 is 45.8 Å². The van der Waals surface area contributed by atoms with Gasteiger partial charge in [0, 0.05) is 15.7 Å². The first-order chi connectivity index (χ1) is 11.9. The zero-order valence-corrected chi connectivity index (χ0v) is 14.7. The highest BCUT2D eigenvalue weighted by Gasteiger charge is 2.14. The Hall–Kier alpha value is -3.00. The summed E-state index contributed by atoms with van der Waals surface area (Å²) in [6, 6.07) is 11.8. The summed E-state index contributed by atoms with van der Waals surface area (Å²) in [4.78, 5) is 33.7. The second kappa shape index (κ2) is 8.20. The molecule has 2 aromatic carbocycles. The molecule has 8 nitrogen and oxygen atoms in total. The van der Waals surface area contributed by atoms with E-state index in [1.165, 1.54) is 6.07 Å². The number of nitro benzene ring substituents is 1. The summed E-state index contributed by atoms with van der Waals surface area (Å²) >= 11 is 2.09. The lowest BCUT2D eigenvalue weighted by molar-refractivity contribution is -0.384. The van der Waals surface area contributed by atoms with Crippen molar-refractivity contribution in [3.8, 4) is 6.07 Å². The van der Waals surface area contributed by atoms with Gasteiger partial charge in [-0.2, -0.15) is 5.26 Å². The van der Waals surface area contributed by atoms with Crippen LogP contribution in [0, 0.1) is 25.0 Å². The topological polar surface area (TPSA) is 122 Å². The number of esters is 1. The monoisotopic (exact) mass is 451 g/mol. The van der Waals surface area contributed by atoms with Gasteiger partial charge in [-0.05, 0) is 52.9 Å². The van der Waals surface area contributed by atoms with E-state index in [0.29, 0.717) is 5.56 Å². The minimum Gasteiger partial charge on any atom is -0.452 e. The molecule has 0 aliphatic heterocycles. The molecule has 9 heteroatoms. The largest absolute Gasteiger partial charge is 0.452 e. The van der Waals surface area contributed by atoms with Crippen molar-refractivity contribution in [3.63, 3.8) is 0 Å². The molecular formula is C16H10IN3O5. The van der Waals surface area contributed by atoms with Gasteiger partial charge in [0.15, 0.2) is 6.61 Å². The number of non-ortho nitro benzene ring substituents is 1. The molecule has 0 unspecified atom stereocenters. The number of hydrogen-bond donors (Lipinski definition) is 1. The normalized spacial score (nSPS) is 9.76. The Bertz CT molecular complexity index is 874. The van der Waals surface area contributed by atoms with E-state index in [2.05, 4.69) is 27.9 Å². The molecule has 0 saturated carbocycles. The highest BCUT2D eigenvalue weighted by atomic mass is 127. The molecule has 0 aliphatic carbocycles. The van der Waals surface area contributed by atoms with Crippen LogP contribution in [0.3, 0.4) is 0 Å². The summed E-state index contributed by atoms with van der Waals surface area (Å²) in [5.41, 5.74) is 0.0795. The second-order valence-electron chi connectivity index (χ2n) is 4.73. The number of nitrogens with zero attached hydrogens (tertiary/aromatic N) is 2. The molecule has 1 N–H and O–H groups in total. The van der Waals surface area contributed by atoms with Crippen molar-refractivity contribution in [1.82, 2.24) is 0 Å². The summed E-state index contributed by atoms with van der Waals surface area (Å²) < 4.78 is 5.85. The average Bonchev–Trinajstić information content (AvgIpc) is 2.60. The number of rotatable bonds is 5. The molecular weight excluding hydrogens is 441 g/mol. The first-order valence-corrected chi connectivity index (χ1v) is 7.89. The molecule has 0 bridgehead atoms. The van der Waals surface area contributed by atoms with E-state index in [0.717, 1.165) is 15.7 Å². The first-order valence-electron chi connectivity index (χ1n) is 6.82. The summed E-state index contributed by atoms with van der Waals surface area (Å²) in [6.07, 6.45) is 0. The van der Waals surface area contributed by atoms with Gasteiger partial charge in [-0.25, -0.2) is 4.79 Å². The average molecular weight is 451 g/mol. The van der Waals surface area contributed by atoms with Crippen molar-refractivity contribution in [2.45, 2.75) is 0 Å². The SMILES string of the molecule is N#Cc1cc([N+](=O)[O-])ccc1NC(=O)COC(=O)c1ccc(I)cc1. The Balaban J connectivity index is 1.98. The maximum Gasteiger partial charge on any atom is 0.338 e.